The number of nitrogens with one attached hydrogen (secondary N) is 4. The van der Waals surface area contributed by atoms with E-state index in [-0.39, 0.29) is 17.2 Å². The highest BCUT2D eigenvalue weighted by molar-refractivity contribution is 6.04. The summed E-state index contributed by atoms with van der Waals surface area (Å²) in [6.07, 6.45) is 5.12. The van der Waals surface area contributed by atoms with Gasteiger partial charge in [0, 0.05) is 30.9 Å². The van der Waals surface area contributed by atoms with E-state index in [0.29, 0.717) is 110 Å². The number of nitrogens with zero attached hydrogens (tertiary/aromatic N) is 2. The number of benzene rings is 1. The first-order valence-corrected chi connectivity index (χ1v) is 19.0. The lowest BCUT2D eigenvalue weighted by Crippen LogP contribution is -2.36. The molecular formula is C38H62N8O8. The maximum atomic E-state index is 7.45. The second-order valence-electron chi connectivity index (χ2n) is 13.4. The maximum absolute atomic E-state index is 7.45. The van der Waals surface area contributed by atoms with Gasteiger partial charge in [-0.1, -0.05) is 19.1 Å². The Balaban J connectivity index is 1.01. The number of fused-ring (bicyclic) bond motifs is 1. The van der Waals surface area contributed by atoms with Crippen molar-refractivity contribution < 1.29 is 37.9 Å². The molecule has 0 saturated heterocycles. The molecule has 3 aromatic rings. The Morgan fingerprint density at radius 1 is 0.870 bits per heavy atom. The van der Waals surface area contributed by atoms with Crippen LogP contribution in [0.4, 0.5) is 0 Å². The van der Waals surface area contributed by atoms with Gasteiger partial charge in [0.25, 0.3) is 0 Å². The summed E-state index contributed by atoms with van der Waals surface area (Å²) >= 11 is 0. The van der Waals surface area contributed by atoms with Gasteiger partial charge in [-0.15, -0.1) is 0 Å². The highest BCUT2D eigenvalue weighted by Crippen LogP contribution is 2.42. The number of rotatable bonds is 30. The van der Waals surface area contributed by atoms with Crippen LogP contribution in [0.3, 0.4) is 0 Å². The zero-order valence-corrected chi connectivity index (χ0v) is 32.1. The molecule has 1 fully saturated rings. The van der Waals surface area contributed by atoms with Crippen LogP contribution in [0.2, 0.25) is 0 Å². The molecule has 0 bridgehead atoms. The van der Waals surface area contributed by atoms with Gasteiger partial charge in [0.1, 0.15) is 29.3 Å². The molecule has 0 radical (unpaired) electrons. The van der Waals surface area contributed by atoms with E-state index < -0.39 is 0 Å². The summed E-state index contributed by atoms with van der Waals surface area (Å²) in [5.74, 6) is 2.16. The van der Waals surface area contributed by atoms with E-state index in [1.54, 1.807) is 7.11 Å². The third-order valence-corrected chi connectivity index (χ3v) is 9.32. The quantitative estimate of drug-likeness (QED) is 0.0328. The summed E-state index contributed by atoms with van der Waals surface area (Å²) in [7, 11) is 1.66. The number of aliphatic imine (C=N–C) groups is 1. The number of hydrogen-bond donors (Lipinski definition) is 6. The molecule has 1 aromatic carbocycles. The molecular weight excluding hydrogens is 696 g/mol. The standard InChI is InChI=1S/C38H62N8O8/c1-38(27-42-11-13-49-15-17-51-19-21-53-23-25-54-24-22-52-20-18-50-16-14-48-12-10-39)8-6-29(7-9-38)37-45-34(35(46-37)36(41)43-28-40)31-26-30-4-3-5-32(47-2)33(30)44-31/h3-5,26,28-29,42,44H,6-25,27,39H2,1-2H3,(H,45,46)(H3,40,41,43). The summed E-state index contributed by atoms with van der Waals surface area (Å²) in [6, 6.07) is 7.94. The van der Waals surface area contributed by atoms with Gasteiger partial charge in [-0.25, -0.2) is 9.98 Å². The van der Waals surface area contributed by atoms with Crippen molar-refractivity contribution in [3.05, 3.63) is 35.8 Å². The Bertz CT molecular complexity index is 1510. The van der Waals surface area contributed by atoms with E-state index in [0.717, 1.165) is 73.3 Å². The van der Waals surface area contributed by atoms with Gasteiger partial charge in [-0.2, -0.15) is 0 Å². The summed E-state index contributed by atoms with van der Waals surface area (Å²) in [5.41, 5.74) is 14.9. The van der Waals surface area contributed by atoms with Gasteiger partial charge in [-0.05, 0) is 43.2 Å². The highest BCUT2D eigenvalue weighted by atomic mass is 16.6. The molecule has 16 nitrogen and oxygen atoms in total. The molecule has 4 rings (SSSR count). The number of H-pyrrole nitrogens is 2. The largest absolute Gasteiger partial charge is 0.495 e. The SMILES string of the molecule is COc1cccc2cc(-c3nc(C4CCC(C)(CNCCOCCOCCOCCOCCOCCOCCOCCN)CC4)[nH]c3C(N)=NC=N)[nH]c12. The van der Waals surface area contributed by atoms with Gasteiger partial charge in [0.2, 0.25) is 0 Å². The molecule has 1 saturated carbocycles. The third-order valence-electron chi connectivity index (χ3n) is 9.32. The smallest absolute Gasteiger partial charge is 0.151 e. The van der Waals surface area contributed by atoms with Crippen molar-refractivity contribution in [3.8, 4) is 17.1 Å². The molecule has 2 aromatic heterocycles. The van der Waals surface area contributed by atoms with Crippen molar-refractivity contribution in [2.24, 2.45) is 21.9 Å². The number of hydrogen-bond acceptors (Lipinski definition) is 12. The number of nitrogens with two attached hydrogens (primary N) is 2. The molecule has 16 heteroatoms. The highest BCUT2D eigenvalue weighted by Gasteiger charge is 2.33. The number of amidine groups is 1. The topological polar surface area (TPSA) is 219 Å². The number of imidazole rings is 1. The normalized spacial score (nSPS) is 17.8. The molecule has 302 valence electrons. The number of para-hydroxylation sites is 1. The maximum Gasteiger partial charge on any atom is 0.151 e. The van der Waals surface area contributed by atoms with Crippen molar-refractivity contribution in [1.82, 2.24) is 20.3 Å². The molecule has 54 heavy (non-hydrogen) atoms. The predicted octanol–water partition coefficient (Wildman–Crippen LogP) is 3.21. The lowest BCUT2D eigenvalue weighted by molar-refractivity contribution is -0.0202. The van der Waals surface area contributed by atoms with E-state index in [2.05, 4.69) is 27.2 Å². The molecule has 1 aliphatic carbocycles. The second-order valence-corrected chi connectivity index (χ2v) is 13.4. The molecule has 0 atom stereocenters. The molecule has 0 amide bonds. The number of aromatic amines is 2. The van der Waals surface area contributed by atoms with Crippen LogP contribution >= 0.6 is 0 Å². The van der Waals surface area contributed by atoms with Crippen LogP contribution in [0.5, 0.6) is 5.75 Å². The summed E-state index contributed by atoms with van der Waals surface area (Å²) < 4.78 is 44.0. The third kappa shape index (κ3) is 14.7. The lowest BCUT2D eigenvalue weighted by Gasteiger charge is -2.37. The minimum absolute atomic E-state index is 0.196. The van der Waals surface area contributed by atoms with E-state index >= 15 is 0 Å². The van der Waals surface area contributed by atoms with Crippen LogP contribution in [-0.4, -0.2) is 146 Å². The van der Waals surface area contributed by atoms with Crippen LogP contribution in [0.25, 0.3) is 22.3 Å². The average Bonchev–Trinajstić information content (AvgIpc) is 3.82. The average molecular weight is 759 g/mol. The molecule has 0 spiro atoms. The lowest BCUT2D eigenvalue weighted by atomic mass is 9.71. The van der Waals surface area contributed by atoms with Crippen LogP contribution < -0.4 is 21.5 Å². The van der Waals surface area contributed by atoms with Gasteiger partial charge < -0.3 is 64.6 Å². The Morgan fingerprint density at radius 3 is 1.96 bits per heavy atom. The van der Waals surface area contributed by atoms with Crippen molar-refractivity contribution in [2.45, 2.75) is 38.5 Å². The van der Waals surface area contributed by atoms with Crippen molar-refractivity contribution in [2.75, 3.05) is 119 Å². The zero-order valence-electron chi connectivity index (χ0n) is 32.1. The first kappa shape index (κ1) is 43.3. The Kier molecular flexibility index (Phi) is 19.9. The van der Waals surface area contributed by atoms with Gasteiger partial charge in [-0.3, -0.25) is 5.41 Å². The van der Waals surface area contributed by atoms with Crippen molar-refractivity contribution in [1.29, 1.82) is 5.41 Å². The van der Waals surface area contributed by atoms with E-state index in [1.807, 2.05) is 24.3 Å². The van der Waals surface area contributed by atoms with Crippen molar-refractivity contribution in [3.63, 3.8) is 0 Å². The first-order valence-electron chi connectivity index (χ1n) is 19.0. The summed E-state index contributed by atoms with van der Waals surface area (Å²) in [4.78, 5) is 16.0. The number of ether oxygens (including phenoxy) is 8. The van der Waals surface area contributed by atoms with E-state index in [4.69, 9.17) is 59.8 Å². The fraction of sp³-hybridized carbons (Fsp3) is 0.658. The second kappa shape index (κ2) is 24.9. The molecule has 1 aliphatic rings. The predicted molar refractivity (Wildman–Crippen MR) is 209 cm³/mol. The zero-order chi connectivity index (χ0) is 38.3. The summed E-state index contributed by atoms with van der Waals surface area (Å²) in [5, 5.41) is 12.1. The van der Waals surface area contributed by atoms with Gasteiger partial charge in [0.15, 0.2) is 5.84 Å². The van der Waals surface area contributed by atoms with Crippen LogP contribution in [0.1, 0.15) is 50.0 Å². The molecule has 8 N–H and O–H groups in total. The fourth-order valence-corrected chi connectivity index (χ4v) is 6.33. The Labute approximate surface area is 318 Å². The van der Waals surface area contributed by atoms with E-state index in [9.17, 15) is 0 Å². The molecule has 0 aliphatic heterocycles. The fourth-order valence-electron chi connectivity index (χ4n) is 6.33. The first-order chi connectivity index (χ1) is 26.5. The molecule has 2 heterocycles. The van der Waals surface area contributed by atoms with Crippen LogP contribution in [0, 0.1) is 10.8 Å². The van der Waals surface area contributed by atoms with E-state index in [1.165, 1.54) is 0 Å². The van der Waals surface area contributed by atoms with Gasteiger partial charge >= 0.3 is 0 Å². The Hall–Kier alpha value is -3.45. The van der Waals surface area contributed by atoms with Crippen LogP contribution in [-0.2, 0) is 33.2 Å². The number of methoxy groups -OCH3 is 1. The minimum Gasteiger partial charge on any atom is -0.495 e. The Morgan fingerprint density at radius 2 is 1.43 bits per heavy atom. The van der Waals surface area contributed by atoms with Crippen molar-refractivity contribution >= 4 is 23.1 Å². The van der Waals surface area contributed by atoms with Gasteiger partial charge in [0.05, 0.1) is 111 Å². The molecule has 0 unspecified atom stereocenters. The monoisotopic (exact) mass is 758 g/mol. The van der Waals surface area contributed by atoms with Crippen LogP contribution in [0.15, 0.2) is 29.3 Å². The number of aromatic nitrogens is 3. The minimum atomic E-state index is 0.196. The summed E-state index contributed by atoms with van der Waals surface area (Å²) in [6.45, 7) is 12.1.